The van der Waals surface area contributed by atoms with Crippen molar-refractivity contribution in [2.75, 3.05) is 0 Å². The van der Waals surface area contributed by atoms with Gasteiger partial charge in [0.25, 0.3) is 0 Å². The number of aryl methyl sites for hydroxylation is 1. The summed E-state index contributed by atoms with van der Waals surface area (Å²) in [5, 5.41) is 0.994. The summed E-state index contributed by atoms with van der Waals surface area (Å²) in [7, 11) is 0. The number of hydrogen-bond donors (Lipinski definition) is 0. The third-order valence-electron chi connectivity index (χ3n) is 3.00. The van der Waals surface area contributed by atoms with E-state index in [4.69, 9.17) is 0 Å². The van der Waals surface area contributed by atoms with Crippen molar-refractivity contribution in [1.29, 1.82) is 0 Å². The molecule has 2 aromatic rings. The molecule has 1 aromatic heterocycles. The summed E-state index contributed by atoms with van der Waals surface area (Å²) in [5.74, 6) is 0.479. The van der Waals surface area contributed by atoms with E-state index in [9.17, 15) is 0 Å². The first kappa shape index (κ1) is 13.1. The Morgan fingerprint density at radius 3 is 2.56 bits per heavy atom. The highest BCUT2D eigenvalue weighted by molar-refractivity contribution is 7.99. The zero-order valence-electron chi connectivity index (χ0n) is 11.1. The Morgan fingerprint density at radius 1 is 1.22 bits per heavy atom. The molecule has 0 radical (unpaired) electrons. The largest absolute Gasteiger partial charge is 0.253 e. The smallest absolute Gasteiger partial charge is 0.122 e. The Labute approximate surface area is 113 Å². The topological polar surface area (TPSA) is 25.8 Å². The molecule has 1 aromatic carbocycles. The van der Waals surface area contributed by atoms with Crippen LogP contribution in [0.15, 0.2) is 46.5 Å². The van der Waals surface area contributed by atoms with Gasteiger partial charge >= 0.3 is 0 Å². The molecule has 1 unspecified atom stereocenters. The van der Waals surface area contributed by atoms with Crippen molar-refractivity contribution in [3.05, 3.63) is 47.9 Å². The molecule has 0 amide bonds. The second-order valence-electron chi connectivity index (χ2n) is 4.41. The fourth-order valence-electron chi connectivity index (χ4n) is 1.64. The number of nitrogens with zero attached hydrogens (tertiary/aromatic N) is 2. The molecule has 3 heteroatoms. The van der Waals surface area contributed by atoms with Gasteiger partial charge in [0.05, 0.1) is 17.6 Å². The molecule has 0 fully saturated rings. The van der Waals surface area contributed by atoms with Crippen molar-refractivity contribution < 1.29 is 0 Å². The van der Waals surface area contributed by atoms with Gasteiger partial charge in [0, 0.05) is 4.90 Å². The summed E-state index contributed by atoms with van der Waals surface area (Å²) in [6.07, 6.45) is 3.01. The number of aromatic nitrogens is 2. The second-order valence-corrected chi connectivity index (χ2v) is 5.47. The summed E-state index contributed by atoms with van der Waals surface area (Å²) in [5.41, 5.74) is 2.11. The first-order valence-electron chi connectivity index (χ1n) is 6.27. The molecule has 0 bridgehead atoms. The molecular formula is C15H18N2S. The molecule has 94 valence electrons. The van der Waals surface area contributed by atoms with Crippen LogP contribution < -0.4 is 0 Å². The van der Waals surface area contributed by atoms with Crippen molar-refractivity contribution in [1.82, 2.24) is 9.97 Å². The van der Waals surface area contributed by atoms with Gasteiger partial charge in [0.15, 0.2) is 0 Å². The summed E-state index contributed by atoms with van der Waals surface area (Å²) in [4.78, 5) is 10.4. The number of rotatable bonds is 4. The van der Waals surface area contributed by atoms with Gasteiger partial charge in [0.1, 0.15) is 5.03 Å². The first-order chi connectivity index (χ1) is 8.70. The Bertz CT molecular complexity index is 511. The predicted octanol–water partition coefficient (Wildman–Crippen LogP) is 4.45. The maximum absolute atomic E-state index is 4.66. The van der Waals surface area contributed by atoms with E-state index < -0.39 is 0 Å². The lowest BCUT2D eigenvalue weighted by molar-refractivity contribution is 0.691. The monoisotopic (exact) mass is 258 g/mol. The number of hydrogen-bond acceptors (Lipinski definition) is 3. The molecule has 0 aliphatic rings. The lowest BCUT2D eigenvalue weighted by Gasteiger charge is -2.10. The first-order valence-corrected chi connectivity index (χ1v) is 7.08. The van der Waals surface area contributed by atoms with E-state index in [1.165, 1.54) is 4.90 Å². The zero-order chi connectivity index (χ0) is 13.0. The minimum absolute atomic E-state index is 0.479. The van der Waals surface area contributed by atoms with Crippen molar-refractivity contribution >= 4 is 11.8 Å². The molecule has 2 rings (SSSR count). The highest BCUT2D eigenvalue weighted by Gasteiger charge is 2.09. The third-order valence-corrected chi connectivity index (χ3v) is 4.10. The van der Waals surface area contributed by atoms with Crippen LogP contribution in [0, 0.1) is 6.92 Å². The van der Waals surface area contributed by atoms with E-state index in [2.05, 4.69) is 35.9 Å². The van der Waals surface area contributed by atoms with Crippen molar-refractivity contribution in [3.8, 4) is 0 Å². The quantitative estimate of drug-likeness (QED) is 0.810. The van der Waals surface area contributed by atoms with Gasteiger partial charge in [-0.2, -0.15) is 0 Å². The number of benzene rings is 1. The minimum Gasteiger partial charge on any atom is -0.253 e. The molecule has 18 heavy (non-hydrogen) atoms. The van der Waals surface area contributed by atoms with Crippen LogP contribution in [0.1, 0.15) is 37.6 Å². The van der Waals surface area contributed by atoms with Crippen LogP contribution in [0.25, 0.3) is 0 Å². The second kappa shape index (κ2) is 6.01. The summed E-state index contributed by atoms with van der Waals surface area (Å²) < 4.78 is 0. The molecule has 0 aliphatic heterocycles. The normalized spacial score (nSPS) is 12.4. The summed E-state index contributed by atoms with van der Waals surface area (Å²) >= 11 is 1.67. The maximum atomic E-state index is 4.66. The standard InChI is InChI=1S/C15H18N2S/c1-4-11(2)14-10-16-15(12(3)17-14)18-13-8-6-5-7-9-13/h5-11H,4H2,1-3H3. The SMILES string of the molecule is CCC(C)c1cnc(Sc2ccccc2)c(C)n1. The highest BCUT2D eigenvalue weighted by atomic mass is 32.2. The fraction of sp³-hybridized carbons (Fsp3) is 0.333. The lowest BCUT2D eigenvalue weighted by atomic mass is 10.1. The van der Waals surface area contributed by atoms with Crippen molar-refractivity contribution in [3.63, 3.8) is 0 Å². The van der Waals surface area contributed by atoms with E-state index in [1.54, 1.807) is 11.8 Å². The molecule has 0 saturated heterocycles. The minimum atomic E-state index is 0.479. The fourth-order valence-corrected chi connectivity index (χ4v) is 2.45. The van der Waals surface area contributed by atoms with Gasteiger partial charge in [-0.3, -0.25) is 4.98 Å². The molecule has 2 nitrogen and oxygen atoms in total. The van der Waals surface area contributed by atoms with Crippen LogP contribution in [0.4, 0.5) is 0 Å². The Kier molecular flexibility index (Phi) is 4.37. The molecule has 0 aliphatic carbocycles. The Balaban J connectivity index is 2.20. The van der Waals surface area contributed by atoms with Gasteiger partial charge in [0.2, 0.25) is 0 Å². The Hall–Kier alpha value is -1.35. The Morgan fingerprint density at radius 2 is 1.94 bits per heavy atom. The highest BCUT2D eigenvalue weighted by Crippen LogP contribution is 2.28. The van der Waals surface area contributed by atoms with E-state index >= 15 is 0 Å². The van der Waals surface area contributed by atoms with Crippen LogP contribution in [0.3, 0.4) is 0 Å². The summed E-state index contributed by atoms with van der Waals surface area (Å²) in [6.45, 7) is 6.39. The van der Waals surface area contributed by atoms with Crippen LogP contribution in [-0.4, -0.2) is 9.97 Å². The van der Waals surface area contributed by atoms with E-state index in [0.717, 1.165) is 22.8 Å². The lowest BCUT2D eigenvalue weighted by Crippen LogP contribution is -2.00. The van der Waals surface area contributed by atoms with Crippen molar-refractivity contribution in [2.45, 2.75) is 43.0 Å². The molecule has 0 spiro atoms. The zero-order valence-corrected chi connectivity index (χ0v) is 11.9. The van der Waals surface area contributed by atoms with Gasteiger partial charge in [-0.25, -0.2) is 4.98 Å². The van der Waals surface area contributed by atoms with Crippen LogP contribution in [-0.2, 0) is 0 Å². The van der Waals surface area contributed by atoms with Crippen LogP contribution >= 0.6 is 11.8 Å². The predicted molar refractivity (Wildman–Crippen MR) is 76.0 cm³/mol. The van der Waals surface area contributed by atoms with Crippen LogP contribution in [0.5, 0.6) is 0 Å². The molecule has 0 N–H and O–H groups in total. The molecule has 1 heterocycles. The molecule has 1 atom stereocenters. The maximum Gasteiger partial charge on any atom is 0.122 e. The van der Waals surface area contributed by atoms with E-state index in [1.807, 2.05) is 31.3 Å². The molecule has 0 saturated carbocycles. The average Bonchev–Trinajstić information content (AvgIpc) is 2.41. The van der Waals surface area contributed by atoms with Gasteiger partial charge < -0.3 is 0 Å². The van der Waals surface area contributed by atoms with Gasteiger partial charge in [-0.1, -0.05) is 43.8 Å². The van der Waals surface area contributed by atoms with Crippen LogP contribution in [0.2, 0.25) is 0 Å². The van der Waals surface area contributed by atoms with Gasteiger partial charge in [-0.15, -0.1) is 0 Å². The molecular weight excluding hydrogens is 240 g/mol. The van der Waals surface area contributed by atoms with Gasteiger partial charge in [-0.05, 0) is 31.4 Å². The van der Waals surface area contributed by atoms with E-state index in [-0.39, 0.29) is 0 Å². The summed E-state index contributed by atoms with van der Waals surface area (Å²) in [6, 6.07) is 10.3. The third kappa shape index (κ3) is 3.10. The van der Waals surface area contributed by atoms with E-state index in [0.29, 0.717) is 5.92 Å². The van der Waals surface area contributed by atoms with Crippen molar-refractivity contribution in [2.24, 2.45) is 0 Å². The average molecular weight is 258 g/mol.